The normalized spacial score (nSPS) is 11.5. The number of nitrogens with one attached hydrogen (secondary N) is 1. The fourth-order valence-corrected chi connectivity index (χ4v) is 3.52. The Labute approximate surface area is 191 Å². The molecule has 0 aliphatic carbocycles. The SMILES string of the molecule is CN(C)c1ccc(-c2nc3nc(Oc4ccc(C(C)(C)C(N)=O)cc4)[nH]c3cc2Cl)cc1. The van der Waals surface area contributed by atoms with E-state index in [0.717, 1.165) is 16.8 Å². The molecule has 2 heterocycles. The fourth-order valence-electron chi connectivity index (χ4n) is 3.26. The number of benzene rings is 2. The second-order valence-corrected chi connectivity index (χ2v) is 8.70. The zero-order chi connectivity index (χ0) is 23.0. The summed E-state index contributed by atoms with van der Waals surface area (Å²) in [7, 11) is 3.98. The molecule has 2 aromatic carbocycles. The van der Waals surface area contributed by atoms with Crippen molar-refractivity contribution in [1.29, 1.82) is 0 Å². The minimum atomic E-state index is -0.764. The van der Waals surface area contributed by atoms with Gasteiger partial charge in [0, 0.05) is 25.3 Å². The third kappa shape index (κ3) is 4.11. The number of aromatic amines is 1. The molecule has 4 rings (SSSR count). The van der Waals surface area contributed by atoms with Crippen LogP contribution in [0.1, 0.15) is 19.4 Å². The first-order valence-corrected chi connectivity index (χ1v) is 10.5. The summed E-state index contributed by atoms with van der Waals surface area (Å²) in [6.07, 6.45) is 0. The lowest BCUT2D eigenvalue weighted by molar-refractivity contribution is -0.122. The number of amides is 1. The van der Waals surface area contributed by atoms with Gasteiger partial charge in [0.1, 0.15) is 5.75 Å². The third-order valence-electron chi connectivity index (χ3n) is 5.47. The lowest BCUT2D eigenvalue weighted by atomic mass is 9.84. The van der Waals surface area contributed by atoms with Crippen LogP contribution >= 0.6 is 11.6 Å². The molecule has 0 saturated carbocycles. The molecule has 1 amide bonds. The van der Waals surface area contributed by atoms with Gasteiger partial charge in [-0.15, -0.1) is 0 Å². The number of hydrogen-bond acceptors (Lipinski definition) is 5. The summed E-state index contributed by atoms with van der Waals surface area (Å²) in [4.78, 5) is 25.9. The maximum Gasteiger partial charge on any atom is 0.301 e. The van der Waals surface area contributed by atoms with Crippen LogP contribution in [0.5, 0.6) is 11.8 Å². The van der Waals surface area contributed by atoms with Crippen LogP contribution in [0.4, 0.5) is 5.69 Å². The largest absolute Gasteiger partial charge is 0.426 e. The van der Waals surface area contributed by atoms with Gasteiger partial charge in [-0.2, -0.15) is 4.98 Å². The Hall–Kier alpha value is -3.58. The number of carbonyl (C=O) groups is 1. The van der Waals surface area contributed by atoms with Crippen LogP contribution in [0.3, 0.4) is 0 Å². The van der Waals surface area contributed by atoms with E-state index in [1.165, 1.54) is 0 Å². The Kier molecular flexibility index (Phi) is 5.52. The first-order chi connectivity index (χ1) is 15.1. The second-order valence-electron chi connectivity index (χ2n) is 8.29. The number of nitrogens with zero attached hydrogens (tertiary/aromatic N) is 3. The standard InChI is InChI=1S/C24H24ClN5O2/c1-24(2,22(26)31)15-7-11-17(12-8-15)32-23-27-19-13-18(25)20(28-21(19)29-23)14-5-9-16(10-6-14)30(3)4/h5-13H,1-4H3,(H2,26,31)(H,27,28,29). The number of pyridine rings is 1. The zero-order valence-electron chi connectivity index (χ0n) is 18.3. The number of nitrogens with two attached hydrogens (primary N) is 1. The highest BCUT2D eigenvalue weighted by Gasteiger charge is 2.27. The highest BCUT2D eigenvalue weighted by atomic mass is 35.5. The van der Waals surface area contributed by atoms with Crippen LogP contribution in [-0.4, -0.2) is 35.0 Å². The minimum absolute atomic E-state index is 0.297. The summed E-state index contributed by atoms with van der Waals surface area (Å²) in [6, 6.07) is 17.2. The third-order valence-corrected chi connectivity index (χ3v) is 5.76. The fraction of sp³-hybridized carbons (Fsp3) is 0.208. The van der Waals surface area contributed by atoms with Gasteiger partial charge in [-0.05, 0) is 49.7 Å². The van der Waals surface area contributed by atoms with Gasteiger partial charge in [0.15, 0.2) is 5.65 Å². The molecule has 0 aliphatic rings. The summed E-state index contributed by atoms with van der Waals surface area (Å²) in [6.45, 7) is 3.57. The quantitative estimate of drug-likeness (QED) is 0.436. The van der Waals surface area contributed by atoms with Crippen molar-refractivity contribution in [2.75, 3.05) is 19.0 Å². The van der Waals surface area contributed by atoms with Crippen LogP contribution in [0.25, 0.3) is 22.4 Å². The molecule has 2 aromatic heterocycles. The van der Waals surface area contributed by atoms with Crippen molar-refractivity contribution in [1.82, 2.24) is 15.0 Å². The summed E-state index contributed by atoms with van der Waals surface area (Å²) in [5.41, 5.74) is 9.35. The van der Waals surface area contributed by atoms with E-state index in [9.17, 15) is 4.79 Å². The average Bonchev–Trinajstić information content (AvgIpc) is 3.14. The monoisotopic (exact) mass is 449 g/mol. The van der Waals surface area contributed by atoms with Crippen LogP contribution < -0.4 is 15.4 Å². The summed E-state index contributed by atoms with van der Waals surface area (Å²) < 4.78 is 5.85. The van der Waals surface area contributed by atoms with Gasteiger partial charge in [-0.3, -0.25) is 4.79 Å². The average molecular weight is 450 g/mol. The van der Waals surface area contributed by atoms with E-state index in [-0.39, 0.29) is 0 Å². The molecule has 7 nitrogen and oxygen atoms in total. The molecular formula is C24H24ClN5O2. The highest BCUT2D eigenvalue weighted by molar-refractivity contribution is 6.33. The number of rotatable bonds is 6. The molecule has 0 spiro atoms. The van der Waals surface area contributed by atoms with Crippen molar-refractivity contribution in [2.45, 2.75) is 19.3 Å². The molecule has 164 valence electrons. The molecule has 0 radical (unpaired) electrons. The van der Waals surface area contributed by atoms with Crippen molar-refractivity contribution in [3.63, 3.8) is 0 Å². The maximum absolute atomic E-state index is 11.7. The molecule has 8 heteroatoms. The lowest BCUT2D eigenvalue weighted by Crippen LogP contribution is -2.35. The topological polar surface area (TPSA) is 97.1 Å². The molecule has 32 heavy (non-hydrogen) atoms. The summed E-state index contributed by atoms with van der Waals surface area (Å²) in [5.74, 6) is 0.178. The smallest absolute Gasteiger partial charge is 0.301 e. The van der Waals surface area contributed by atoms with E-state index in [4.69, 9.17) is 22.1 Å². The van der Waals surface area contributed by atoms with Gasteiger partial charge in [0.2, 0.25) is 5.91 Å². The Morgan fingerprint density at radius 2 is 1.72 bits per heavy atom. The van der Waals surface area contributed by atoms with Crippen LogP contribution in [0.15, 0.2) is 54.6 Å². The van der Waals surface area contributed by atoms with Gasteiger partial charge in [0.25, 0.3) is 0 Å². The van der Waals surface area contributed by atoms with E-state index >= 15 is 0 Å². The number of H-pyrrole nitrogens is 1. The van der Waals surface area contributed by atoms with Crippen molar-refractivity contribution in [3.8, 4) is 23.0 Å². The first kappa shape index (κ1) is 21.6. The first-order valence-electron chi connectivity index (χ1n) is 10.1. The molecule has 0 unspecified atom stereocenters. The molecule has 0 aliphatic heterocycles. The summed E-state index contributed by atoms with van der Waals surface area (Å²) >= 11 is 6.50. The number of fused-ring (bicyclic) bond motifs is 1. The molecule has 0 fully saturated rings. The van der Waals surface area contributed by atoms with Gasteiger partial charge in [0.05, 0.1) is 21.6 Å². The van der Waals surface area contributed by atoms with Crippen LogP contribution in [0, 0.1) is 0 Å². The minimum Gasteiger partial charge on any atom is -0.426 e. The maximum atomic E-state index is 11.7. The Bertz CT molecular complexity index is 1280. The van der Waals surface area contributed by atoms with E-state index in [0.29, 0.717) is 33.6 Å². The number of halogens is 1. The molecule has 0 bridgehead atoms. The lowest BCUT2D eigenvalue weighted by Gasteiger charge is -2.20. The zero-order valence-corrected chi connectivity index (χ0v) is 19.1. The van der Waals surface area contributed by atoms with Crippen LogP contribution in [-0.2, 0) is 10.2 Å². The number of hydrogen-bond donors (Lipinski definition) is 2. The Morgan fingerprint density at radius 1 is 1.06 bits per heavy atom. The highest BCUT2D eigenvalue weighted by Crippen LogP contribution is 2.32. The molecule has 0 atom stereocenters. The number of primary amides is 1. The van der Waals surface area contributed by atoms with Crippen molar-refractivity contribution < 1.29 is 9.53 Å². The van der Waals surface area contributed by atoms with Gasteiger partial charge in [-0.1, -0.05) is 35.9 Å². The predicted octanol–water partition coefficient (Wildman–Crippen LogP) is 4.90. The molecule has 0 saturated heterocycles. The van der Waals surface area contributed by atoms with Crippen molar-refractivity contribution in [3.05, 3.63) is 65.2 Å². The Balaban J connectivity index is 1.60. The molecule has 3 N–H and O–H groups in total. The van der Waals surface area contributed by atoms with E-state index in [2.05, 4.69) is 15.0 Å². The van der Waals surface area contributed by atoms with Gasteiger partial charge >= 0.3 is 6.01 Å². The Morgan fingerprint density at radius 3 is 2.31 bits per heavy atom. The van der Waals surface area contributed by atoms with E-state index in [1.54, 1.807) is 32.0 Å². The van der Waals surface area contributed by atoms with Gasteiger partial charge in [-0.25, -0.2) is 4.98 Å². The molecule has 4 aromatic rings. The molecular weight excluding hydrogens is 426 g/mol. The summed E-state index contributed by atoms with van der Waals surface area (Å²) in [5, 5.41) is 0.517. The number of aromatic nitrogens is 3. The van der Waals surface area contributed by atoms with E-state index < -0.39 is 11.3 Å². The second kappa shape index (κ2) is 8.16. The number of ether oxygens (including phenoxy) is 1. The number of imidazole rings is 1. The van der Waals surface area contributed by atoms with Crippen molar-refractivity contribution >= 4 is 34.4 Å². The van der Waals surface area contributed by atoms with Gasteiger partial charge < -0.3 is 20.4 Å². The number of anilines is 1. The predicted molar refractivity (Wildman–Crippen MR) is 127 cm³/mol. The van der Waals surface area contributed by atoms with E-state index in [1.807, 2.05) is 55.4 Å². The number of carbonyl (C=O) groups excluding carboxylic acids is 1. The van der Waals surface area contributed by atoms with Crippen molar-refractivity contribution in [2.24, 2.45) is 5.73 Å². The van der Waals surface area contributed by atoms with Crippen LogP contribution in [0.2, 0.25) is 5.02 Å².